The van der Waals surface area contributed by atoms with Crippen molar-refractivity contribution in [3.63, 3.8) is 0 Å². The van der Waals surface area contributed by atoms with Crippen molar-refractivity contribution >= 4 is 38.4 Å². The molecule has 0 amide bonds. The lowest BCUT2D eigenvalue weighted by molar-refractivity contribution is -0.274. The third-order valence-electron chi connectivity index (χ3n) is 3.79. The second kappa shape index (κ2) is 6.74. The van der Waals surface area contributed by atoms with Crippen LogP contribution in [0.1, 0.15) is 5.56 Å². The number of aromatic nitrogens is 1. The third kappa shape index (κ3) is 3.94. The van der Waals surface area contributed by atoms with E-state index >= 15 is 0 Å². The van der Waals surface area contributed by atoms with Gasteiger partial charge in [-0.05, 0) is 42.8 Å². The summed E-state index contributed by atoms with van der Waals surface area (Å²) in [6.07, 6.45) is -4.93. The monoisotopic (exact) mass is 436 g/mol. The van der Waals surface area contributed by atoms with Crippen LogP contribution in [0.5, 0.6) is 5.75 Å². The molecule has 7 nitrogen and oxygen atoms in total. The molecule has 0 atom stereocenters. The molecule has 1 aromatic heterocycles. The molecule has 0 aliphatic heterocycles. The molecular weight excluding hydrogens is 425 g/mol. The Bertz CT molecular complexity index is 1230. The Morgan fingerprint density at radius 2 is 1.89 bits per heavy atom. The molecule has 1 N–H and O–H groups in total. The van der Waals surface area contributed by atoms with Crippen LogP contribution in [0.25, 0.3) is 11.1 Å². The summed E-state index contributed by atoms with van der Waals surface area (Å²) in [4.78, 5) is 11.5. The summed E-state index contributed by atoms with van der Waals surface area (Å²) >= 11 is 5.73. The zero-order chi connectivity index (χ0) is 20.9. The van der Waals surface area contributed by atoms with Crippen LogP contribution in [0.4, 0.5) is 18.9 Å². The van der Waals surface area contributed by atoms with Gasteiger partial charge in [0.1, 0.15) is 5.75 Å². The number of nitrogens with one attached hydrogen (secondary N) is 1. The van der Waals surface area contributed by atoms with E-state index in [1.807, 2.05) is 0 Å². The van der Waals surface area contributed by atoms with Crippen LogP contribution in [0.3, 0.4) is 0 Å². The van der Waals surface area contributed by atoms with Crippen LogP contribution in [0.15, 0.2) is 44.4 Å². The van der Waals surface area contributed by atoms with Gasteiger partial charge in [-0.1, -0.05) is 11.6 Å². The standard InChI is InChI=1S/C16H12ClF3N2O5S/c1-8-5-13-11(22(2)15(23)26-13)7-14(8)28(24,25)21-9-3-4-12(10(17)6-9)27-16(18,19)20/h3-7,21H,1-2H3. The molecule has 0 saturated heterocycles. The van der Waals surface area contributed by atoms with Gasteiger partial charge < -0.3 is 9.15 Å². The van der Waals surface area contributed by atoms with Crippen LogP contribution >= 0.6 is 11.6 Å². The molecule has 28 heavy (non-hydrogen) atoms. The molecule has 2 aromatic carbocycles. The summed E-state index contributed by atoms with van der Waals surface area (Å²) in [5.41, 5.74) is 0.723. The van der Waals surface area contributed by atoms with E-state index in [4.69, 9.17) is 16.0 Å². The van der Waals surface area contributed by atoms with E-state index in [-0.39, 0.29) is 21.7 Å². The molecule has 0 spiro atoms. The highest BCUT2D eigenvalue weighted by Crippen LogP contribution is 2.33. The van der Waals surface area contributed by atoms with Gasteiger partial charge in [-0.25, -0.2) is 13.2 Å². The first kappa shape index (κ1) is 20.1. The second-order valence-corrected chi connectivity index (χ2v) is 7.87. The van der Waals surface area contributed by atoms with E-state index in [0.717, 1.165) is 22.8 Å². The molecule has 0 unspecified atom stereocenters. The van der Waals surface area contributed by atoms with Gasteiger partial charge in [0.05, 0.1) is 21.1 Å². The first-order chi connectivity index (χ1) is 12.9. The highest BCUT2D eigenvalue weighted by molar-refractivity contribution is 7.92. The highest BCUT2D eigenvalue weighted by Gasteiger charge is 2.32. The van der Waals surface area contributed by atoms with Crippen molar-refractivity contribution in [1.29, 1.82) is 0 Å². The van der Waals surface area contributed by atoms with Gasteiger partial charge in [0, 0.05) is 7.05 Å². The number of nitrogens with zero attached hydrogens (tertiary/aromatic N) is 1. The predicted molar refractivity (Wildman–Crippen MR) is 95.1 cm³/mol. The summed E-state index contributed by atoms with van der Waals surface area (Å²) in [5.74, 6) is -1.31. The summed E-state index contributed by atoms with van der Waals surface area (Å²) in [5, 5.41) is -0.429. The molecule has 0 saturated carbocycles. The summed E-state index contributed by atoms with van der Waals surface area (Å²) in [7, 11) is -2.71. The van der Waals surface area contributed by atoms with Gasteiger partial charge >= 0.3 is 12.1 Å². The predicted octanol–water partition coefficient (Wildman–Crippen LogP) is 3.79. The number of halogens is 4. The number of aryl methyl sites for hydroxylation is 2. The molecule has 1 heterocycles. The Morgan fingerprint density at radius 1 is 1.21 bits per heavy atom. The fourth-order valence-corrected chi connectivity index (χ4v) is 4.04. The second-order valence-electron chi connectivity index (χ2n) is 5.81. The quantitative estimate of drug-likeness (QED) is 0.672. The molecule has 150 valence electrons. The Kier molecular flexibility index (Phi) is 4.84. The fourth-order valence-electron chi connectivity index (χ4n) is 2.53. The van der Waals surface area contributed by atoms with E-state index in [2.05, 4.69) is 9.46 Å². The molecule has 0 fully saturated rings. The Hall–Kier alpha value is -2.66. The number of benzene rings is 2. The van der Waals surface area contributed by atoms with Crippen molar-refractivity contribution < 1.29 is 30.7 Å². The number of ether oxygens (including phenoxy) is 1. The lowest BCUT2D eigenvalue weighted by Crippen LogP contribution is -2.18. The number of alkyl halides is 3. The number of sulfonamides is 1. The normalized spacial score (nSPS) is 12.4. The minimum Gasteiger partial charge on any atom is -0.408 e. The number of oxazole rings is 1. The van der Waals surface area contributed by atoms with Gasteiger partial charge in [-0.15, -0.1) is 13.2 Å². The summed E-state index contributed by atoms with van der Waals surface area (Å²) in [6, 6.07) is 5.62. The largest absolute Gasteiger partial charge is 0.573 e. The maximum Gasteiger partial charge on any atom is 0.573 e. The average Bonchev–Trinajstić information content (AvgIpc) is 2.81. The number of rotatable bonds is 4. The molecule has 0 radical (unpaired) electrons. The first-order valence-electron chi connectivity index (χ1n) is 7.56. The topological polar surface area (TPSA) is 90.5 Å². The van der Waals surface area contributed by atoms with Gasteiger partial charge in [0.15, 0.2) is 5.58 Å². The molecule has 0 aliphatic carbocycles. The maximum atomic E-state index is 12.7. The number of hydrogen-bond acceptors (Lipinski definition) is 5. The highest BCUT2D eigenvalue weighted by atomic mass is 35.5. The van der Waals surface area contributed by atoms with Crippen molar-refractivity contribution in [3.05, 3.63) is 51.5 Å². The van der Waals surface area contributed by atoms with Crippen LogP contribution in [-0.4, -0.2) is 19.3 Å². The van der Waals surface area contributed by atoms with E-state index in [0.29, 0.717) is 5.56 Å². The Morgan fingerprint density at radius 3 is 2.50 bits per heavy atom. The van der Waals surface area contributed by atoms with Crippen molar-refractivity contribution in [1.82, 2.24) is 4.57 Å². The molecule has 0 bridgehead atoms. The molecule has 3 rings (SSSR count). The third-order valence-corrected chi connectivity index (χ3v) is 5.61. The maximum absolute atomic E-state index is 12.7. The lowest BCUT2D eigenvalue weighted by Gasteiger charge is -2.13. The minimum absolute atomic E-state index is 0.0693. The van der Waals surface area contributed by atoms with Crippen molar-refractivity contribution in [2.45, 2.75) is 18.2 Å². The van der Waals surface area contributed by atoms with Crippen molar-refractivity contribution in [3.8, 4) is 5.75 Å². The Balaban J connectivity index is 1.97. The smallest absolute Gasteiger partial charge is 0.408 e. The number of hydrogen-bond donors (Lipinski definition) is 1. The van der Waals surface area contributed by atoms with E-state index < -0.39 is 32.9 Å². The first-order valence-corrected chi connectivity index (χ1v) is 9.42. The van der Waals surface area contributed by atoms with Crippen molar-refractivity contribution in [2.24, 2.45) is 7.05 Å². The van der Waals surface area contributed by atoms with Crippen LogP contribution < -0.4 is 15.2 Å². The fraction of sp³-hybridized carbons (Fsp3) is 0.188. The number of anilines is 1. The average molecular weight is 437 g/mol. The molecule has 12 heteroatoms. The number of fused-ring (bicyclic) bond motifs is 1. The van der Waals surface area contributed by atoms with Gasteiger partial charge in [-0.3, -0.25) is 9.29 Å². The summed E-state index contributed by atoms with van der Waals surface area (Å²) < 4.78 is 74.5. The SMILES string of the molecule is Cc1cc2oc(=O)n(C)c2cc1S(=O)(=O)Nc1ccc(OC(F)(F)F)c(Cl)c1. The van der Waals surface area contributed by atoms with Gasteiger partial charge in [0.25, 0.3) is 10.0 Å². The zero-order valence-corrected chi connectivity index (χ0v) is 15.9. The van der Waals surface area contributed by atoms with E-state index in [1.54, 1.807) is 0 Å². The summed E-state index contributed by atoms with van der Waals surface area (Å²) in [6.45, 7) is 1.51. The van der Waals surface area contributed by atoms with Crippen LogP contribution in [0.2, 0.25) is 5.02 Å². The Labute approximate surface area is 161 Å². The zero-order valence-electron chi connectivity index (χ0n) is 14.3. The van der Waals surface area contributed by atoms with E-state index in [9.17, 15) is 26.4 Å². The van der Waals surface area contributed by atoms with E-state index in [1.165, 1.54) is 26.1 Å². The minimum atomic E-state index is -4.93. The van der Waals surface area contributed by atoms with Crippen LogP contribution in [0, 0.1) is 6.92 Å². The molecular formula is C16H12ClF3N2O5S. The lowest BCUT2D eigenvalue weighted by atomic mass is 10.2. The van der Waals surface area contributed by atoms with Crippen LogP contribution in [-0.2, 0) is 17.1 Å². The molecule has 3 aromatic rings. The molecule has 0 aliphatic rings. The van der Waals surface area contributed by atoms with Crippen molar-refractivity contribution in [2.75, 3.05) is 4.72 Å². The van der Waals surface area contributed by atoms with Gasteiger partial charge in [0.2, 0.25) is 0 Å². The van der Waals surface area contributed by atoms with Gasteiger partial charge in [-0.2, -0.15) is 0 Å².